The zero-order chi connectivity index (χ0) is 9.97. The molecule has 1 aliphatic rings. The summed E-state index contributed by atoms with van der Waals surface area (Å²) in [5.41, 5.74) is 0. The van der Waals surface area contributed by atoms with Gasteiger partial charge in [-0.3, -0.25) is 0 Å². The molecule has 7 nitrogen and oxygen atoms in total. The summed E-state index contributed by atoms with van der Waals surface area (Å²) in [7, 11) is 0. The van der Waals surface area contributed by atoms with Crippen LogP contribution in [0.3, 0.4) is 0 Å². The van der Waals surface area contributed by atoms with Crippen molar-refractivity contribution >= 4 is 5.82 Å². The number of H-pyrrole nitrogens is 1. The summed E-state index contributed by atoms with van der Waals surface area (Å²) in [4.78, 5) is 16.4. The molecule has 0 aliphatic carbocycles. The highest BCUT2D eigenvalue weighted by Gasteiger charge is 2.22. The molecule has 0 radical (unpaired) electrons. The maximum atomic E-state index is 10.4. The number of aromatic nitrogens is 2. The van der Waals surface area contributed by atoms with Crippen molar-refractivity contribution in [1.29, 1.82) is 0 Å². The highest BCUT2D eigenvalue weighted by molar-refractivity contribution is 5.16. The summed E-state index contributed by atoms with van der Waals surface area (Å²) in [5.74, 6) is 0.401. The molecule has 7 heteroatoms. The van der Waals surface area contributed by atoms with Gasteiger partial charge in [0.25, 0.3) is 0 Å². The van der Waals surface area contributed by atoms with Crippen LogP contribution >= 0.6 is 0 Å². The third-order valence-electron chi connectivity index (χ3n) is 2.01. The summed E-state index contributed by atoms with van der Waals surface area (Å²) in [6.45, 7) is 2.03. The Morgan fingerprint density at radius 2 is 2.57 bits per heavy atom. The third kappa shape index (κ3) is 1.73. The quantitative estimate of drug-likeness (QED) is 0.514. The molecule has 0 saturated carbocycles. The van der Waals surface area contributed by atoms with E-state index in [4.69, 9.17) is 4.74 Å². The molecular formula is C7H10N4O3. The van der Waals surface area contributed by atoms with Crippen LogP contribution in [0.15, 0.2) is 6.20 Å². The van der Waals surface area contributed by atoms with E-state index in [1.807, 2.05) is 0 Å². The van der Waals surface area contributed by atoms with Crippen molar-refractivity contribution in [2.24, 2.45) is 0 Å². The minimum Gasteiger partial charge on any atom is -0.365 e. The minimum atomic E-state index is -0.507. The second kappa shape index (κ2) is 3.72. The van der Waals surface area contributed by atoms with Gasteiger partial charge < -0.3 is 20.2 Å². The summed E-state index contributed by atoms with van der Waals surface area (Å²) in [6.07, 6.45) is 0.991. The number of hydrogen-bond donors (Lipinski definition) is 2. The highest BCUT2D eigenvalue weighted by atomic mass is 16.6. The Morgan fingerprint density at radius 1 is 1.71 bits per heavy atom. The van der Waals surface area contributed by atoms with E-state index in [-0.39, 0.29) is 11.9 Å². The third-order valence-corrected chi connectivity index (χ3v) is 2.01. The van der Waals surface area contributed by atoms with Gasteiger partial charge in [0, 0.05) is 13.1 Å². The van der Waals surface area contributed by atoms with Crippen LogP contribution in [0.25, 0.3) is 0 Å². The fourth-order valence-electron chi connectivity index (χ4n) is 1.32. The standard InChI is InChI=1S/C7H10N4O3/c12-11(13)6-4-9-7(10-6)5-3-8-1-2-14-5/h4-5,8H,1-3H2,(H,9,10). The average molecular weight is 198 g/mol. The summed E-state index contributed by atoms with van der Waals surface area (Å²) in [6, 6.07) is 0. The Morgan fingerprint density at radius 3 is 3.14 bits per heavy atom. The van der Waals surface area contributed by atoms with E-state index in [0.717, 1.165) is 6.54 Å². The predicted octanol–water partition coefficient (Wildman–Crippen LogP) is -0.0212. The minimum absolute atomic E-state index is 0.103. The zero-order valence-corrected chi connectivity index (χ0v) is 7.40. The van der Waals surface area contributed by atoms with Gasteiger partial charge in [-0.15, -0.1) is 0 Å². The SMILES string of the molecule is O=[N+]([O-])c1cnc(C2CNCCO2)[nH]1. The molecule has 0 spiro atoms. The number of nitro groups is 1. The lowest BCUT2D eigenvalue weighted by atomic mass is 10.3. The Labute approximate surface area is 79.6 Å². The van der Waals surface area contributed by atoms with E-state index < -0.39 is 4.92 Å². The van der Waals surface area contributed by atoms with Crippen molar-refractivity contribution in [2.45, 2.75) is 6.10 Å². The van der Waals surface area contributed by atoms with Crippen molar-refractivity contribution in [2.75, 3.05) is 19.7 Å². The van der Waals surface area contributed by atoms with Crippen LogP contribution in [-0.4, -0.2) is 34.6 Å². The number of aromatic amines is 1. The molecule has 1 aromatic rings. The molecule has 0 aromatic carbocycles. The van der Waals surface area contributed by atoms with Gasteiger partial charge in [0.2, 0.25) is 5.82 Å². The van der Waals surface area contributed by atoms with Crippen molar-refractivity contribution in [3.05, 3.63) is 22.1 Å². The maximum absolute atomic E-state index is 10.4. The fourth-order valence-corrected chi connectivity index (χ4v) is 1.32. The molecule has 1 fully saturated rings. The number of ether oxygens (including phenoxy) is 1. The summed E-state index contributed by atoms with van der Waals surface area (Å²) >= 11 is 0. The van der Waals surface area contributed by atoms with Gasteiger partial charge >= 0.3 is 5.82 Å². The first-order valence-corrected chi connectivity index (χ1v) is 4.29. The van der Waals surface area contributed by atoms with Gasteiger partial charge in [0.05, 0.1) is 6.61 Å². The molecule has 76 valence electrons. The monoisotopic (exact) mass is 198 g/mol. The van der Waals surface area contributed by atoms with Gasteiger partial charge in [0.15, 0.2) is 0 Å². The molecule has 2 heterocycles. The van der Waals surface area contributed by atoms with Crippen molar-refractivity contribution < 1.29 is 9.66 Å². The molecule has 0 amide bonds. The van der Waals surface area contributed by atoms with E-state index in [0.29, 0.717) is 19.0 Å². The molecule has 2 rings (SSSR count). The van der Waals surface area contributed by atoms with Gasteiger partial charge in [-0.05, 0) is 4.92 Å². The van der Waals surface area contributed by atoms with Crippen LogP contribution < -0.4 is 5.32 Å². The van der Waals surface area contributed by atoms with E-state index in [1.165, 1.54) is 6.20 Å². The second-order valence-electron chi connectivity index (χ2n) is 2.97. The smallest absolute Gasteiger partial charge is 0.340 e. The number of hydrogen-bond acceptors (Lipinski definition) is 5. The molecular weight excluding hydrogens is 188 g/mol. The maximum Gasteiger partial charge on any atom is 0.340 e. The van der Waals surface area contributed by atoms with E-state index in [9.17, 15) is 10.1 Å². The number of rotatable bonds is 2. The largest absolute Gasteiger partial charge is 0.365 e. The van der Waals surface area contributed by atoms with Gasteiger partial charge in [-0.1, -0.05) is 0 Å². The number of morpholine rings is 1. The first-order valence-electron chi connectivity index (χ1n) is 4.29. The van der Waals surface area contributed by atoms with Crippen LogP contribution in [-0.2, 0) is 4.74 Å². The van der Waals surface area contributed by atoms with Crippen LogP contribution in [0.1, 0.15) is 11.9 Å². The van der Waals surface area contributed by atoms with Crippen LogP contribution in [0, 0.1) is 10.1 Å². The molecule has 14 heavy (non-hydrogen) atoms. The number of imidazole rings is 1. The lowest BCUT2D eigenvalue weighted by Crippen LogP contribution is -2.33. The molecule has 1 atom stereocenters. The number of nitrogens with one attached hydrogen (secondary N) is 2. The highest BCUT2D eigenvalue weighted by Crippen LogP contribution is 2.17. The van der Waals surface area contributed by atoms with Gasteiger partial charge in [-0.2, -0.15) is 0 Å². The Bertz CT molecular complexity index is 331. The number of nitrogens with zero attached hydrogens (tertiary/aromatic N) is 2. The summed E-state index contributed by atoms with van der Waals surface area (Å²) in [5, 5.41) is 13.5. The predicted molar refractivity (Wildman–Crippen MR) is 46.8 cm³/mol. The lowest BCUT2D eigenvalue weighted by Gasteiger charge is -2.19. The van der Waals surface area contributed by atoms with Gasteiger partial charge in [0.1, 0.15) is 12.3 Å². The molecule has 0 bridgehead atoms. The Balaban J connectivity index is 2.11. The van der Waals surface area contributed by atoms with E-state index >= 15 is 0 Å². The van der Waals surface area contributed by atoms with Crippen LogP contribution in [0.2, 0.25) is 0 Å². The van der Waals surface area contributed by atoms with Crippen molar-refractivity contribution in [3.63, 3.8) is 0 Å². The Kier molecular flexibility index (Phi) is 2.42. The molecule has 1 aromatic heterocycles. The molecule has 1 saturated heterocycles. The zero-order valence-electron chi connectivity index (χ0n) is 7.40. The molecule has 2 N–H and O–H groups in total. The Hall–Kier alpha value is -1.47. The summed E-state index contributed by atoms with van der Waals surface area (Å²) < 4.78 is 5.38. The normalized spacial score (nSPS) is 22.1. The lowest BCUT2D eigenvalue weighted by molar-refractivity contribution is -0.389. The van der Waals surface area contributed by atoms with Crippen molar-refractivity contribution in [1.82, 2.24) is 15.3 Å². The topological polar surface area (TPSA) is 93.1 Å². The van der Waals surface area contributed by atoms with Crippen LogP contribution in [0.4, 0.5) is 5.82 Å². The molecule has 1 aliphatic heterocycles. The first-order chi connectivity index (χ1) is 6.77. The molecule has 1 unspecified atom stereocenters. The van der Waals surface area contributed by atoms with Crippen molar-refractivity contribution in [3.8, 4) is 0 Å². The fraction of sp³-hybridized carbons (Fsp3) is 0.571. The van der Waals surface area contributed by atoms with E-state index in [1.54, 1.807) is 0 Å². The van der Waals surface area contributed by atoms with E-state index in [2.05, 4.69) is 15.3 Å². The first kappa shape index (κ1) is 9.10. The second-order valence-corrected chi connectivity index (χ2v) is 2.97. The van der Waals surface area contributed by atoms with Gasteiger partial charge in [-0.25, -0.2) is 9.97 Å². The average Bonchev–Trinajstić information content (AvgIpc) is 2.68. The van der Waals surface area contributed by atoms with Crippen LogP contribution in [0.5, 0.6) is 0 Å².